The van der Waals surface area contributed by atoms with Crippen molar-refractivity contribution < 1.29 is 18.3 Å². The Kier molecular flexibility index (Phi) is 4.06. The molecule has 3 N–H and O–H groups in total. The molecule has 124 valence electrons. The lowest BCUT2D eigenvalue weighted by Crippen LogP contribution is -2.14. The Morgan fingerprint density at radius 2 is 2.08 bits per heavy atom. The van der Waals surface area contributed by atoms with Crippen LogP contribution in [0.5, 0.6) is 5.75 Å². The molecule has 1 aromatic heterocycles. The Hall–Kier alpha value is -2.74. The van der Waals surface area contributed by atoms with Crippen molar-refractivity contribution in [1.29, 1.82) is 0 Å². The molecule has 2 aromatic carbocycles. The predicted octanol–water partition coefficient (Wildman–Crippen LogP) is 3.73. The molecule has 0 bridgehead atoms. The largest absolute Gasteiger partial charge is 0.491 e. The van der Waals surface area contributed by atoms with Crippen molar-refractivity contribution in [3.8, 4) is 5.75 Å². The molecule has 0 fully saturated rings. The second-order valence-corrected chi connectivity index (χ2v) is 6.15. The molecule has 5 nitrogen and oxygen atoms in total. The van der Waals surface area contributed by atoms with E-state index in [1.54, 1.807) is 12.1 Å². The van der Waals surface area contributed by atoms with Gasteiger partial charge in [0.15, 0.2) is 22.5 Å². The molecule has 3 aromatic rings. The quantitative estimate of drug-likeness (QED) is 0.755. The number of anilines is 2. The summed E-state index contributed by atoms with van der Waals surface area (Å²) in [5.74, 6) is -3.22. The molecule has 0 aliphatic rings. The molecule has 24 heavy (non-hydrogen) atoms. The zero-order valence-corrected chi connectivity index (χ0v) is 13.6. The first-order valence-electron chi connectivity index (χ1n) is 6.90. The molecular formula is C16H13F2N3O2S. The van der Waals surface area contributed by atoms with E-state index in [2.05, 4.69) is 15.0 Å². The number of halogens is 2. The van der Waals surface area contributed by atoms with E-state index < -0.39 is 23.3 Å². The van der Waals surface area contributed by atoms with Crippen LogP contribution in [0.15, 0.2) is 24.3 Å². The number of nitrogens with two attached hydrogens (primary N) is 1. The minimum absolute atomic E-state index is 0.310. The summed E-state index contributed by atoms with van der Waals surface area (Å²) < 4.78 is 33.1. The third-order valence-corrected chi connectivity index (χ3v) is 4.29. The molecule has 0 aliphatic carbocycles. The van der Waals surface area contributed by atoms with Gasteiger partial charge in [0.25, 0.3) is 5.91 Å². The molecule has 1 heterocycles. The number of carbonyl (C=O) groups is 1. The van der Waals surface area contributed by atoms with E-state index in [1.165, 1.54) is 11.3 Å². The van der Waals surface area contributed by atoms with Crippen LogP contribution in [-0.2, 0) is 0 Å². The van der Waals surface area contributed by atoms with E-state index in [9.17, 15) is 13.6 Å². The highest BCUT2D eigenvalue weighted by molar-refractivity contribution is 7.22. The van der Waals surface area contributed by atoms with Crippen LogP contribution in [0.2, 0.25) is 0 Å². The first-order chi connectivity index (χ1) is 11.4. The van der Waals surface area contributed by atoms with Crippen molar-refractivity contribution in [3.63, 3.8) is 0 Å². The van der Waals surface area contributed by atoms with Gasteiger partial charge in [-0.1, -0.05) is 11.3 Å². The highest BCUT2D eigenvalue weighted by Crippen LogP contribution is 2.30. The van der Waals surface area contributed by atoms with E-state index in [0.717, 1.165) is 35.0 Å². The summed E-state index contributed by atoms with van der Waals surface area (Å²) >= 11 is 1.29. The number of nitrogen functional groups attached to an aromatic ring is 1. The monoisotopic (exact) mass is 349 g/mol. The number of methoxy groups -OCH3 is 1. The Bertz CT molecular complexity index is 956. The number of fused-ring (bicyclic) bond motifs is 1. The highest BCUT2D eigenvalue weighted by Gasteiger charge is 2.20. The molecule has 0 saturated carbocycles. The number of hydrogen-bond acceptors (Lipinski definition) is 5. The molecule has 3 rings (SSSR count). The Morgan fingerprint density at radius 3 is 2.79 bits per heavy atom. The number of benzene rings is 2. The van der Waals surface area contributed by atoms with Gasteiger partial charge in [0, 0.05) is 5.69 Å². The lowest BCUT2D eigenvalue weighted by atomic mass is 10.1. The third kappa shape index (κ3) is 2.76. The summed E-state index contributed by atoms with van der Waals surface area (Å²) in [6, 6.07) is 5.46. The van der Waals surface area contributed by atoms with Crippen molar-refractivity contribution in [2.75, 3.05) is 18.2 Å². The SMILES string of the molecule is COc1c(F)ccc(C(=O)Nc2cc(C)c3nc(N)sc3c2)c1F. The Morgan fingerprint density at radius 1 is 1.33 bits per heavy atom. The number of aryl methyl sites for hydroxylation is 1. The summed E-state index contributed by atoms with van der Waals surface area (Å²) in [6.07, 6.45) is 0. The van der Waals surface area contributed by atoms with Gasteiger partial charge >= 0.3 is 0 Å². The fourth-order valence-corrected chi connectivity index (χ4v) is 3.23. The lowest BCUT2D eigenvalue weighted by Gasteiger charge is -2.10. The van der Waals surface area contributed by atoms with Crippen molar-refractivity contribution >= 4 is 38.3 Å². The van der Waals surface area contributed by atoms with Gasteiger partial charge in [0.1, 0.15) is 0 Å². The van der Waals surface area contributed by atoms with Crippen LogP contribution in [0.1, 0.15) is 15.9 Å². The number of carbonyl (C=O) groups excluding carboxylic acids is 1. The van der Waals surface area contributed by atoms with Gasteiger partial charge < -0.3 is 15.8 Å². The number of nitrogens with one attached hydrogen (secondary N) is 1. The standard InChI is InChI=1S/C16H13F2N3O2S/c1-7-5-8(6-11-13(7)21-16(19)24-11)20-15(22)9-3-4-10(17)14(23-2)12(9)18/h3-6H,1-2H3,(H2,19,21)(H,20,22). The van der Waals surface area contributed by atoms with Crippen molar-refractivity contribution in [3.05, 3.63) is 47.0 Å². The van der Waals surface area contributed by atoms with Gasteiger partial charge in [-0.3, -0.25) is 4.79 Å². The molecule has 1 amide bonds. The number of ether oxygens (including phenoxy) is 1. The van der Waals surface area contributed by atoms with Crippen molar-refractivity contribution in [2.45, 2.75) is 6.92 Å². The smallest absolute Gasteiger partial charge is 0.258 e. The fraction of sp³-hybridized carbons (Fsp3) is 0.125. The normalized spacial score (nSPS) is 10.8. The van der Waals surface area contributed by atoms with Gasteiger partial charge in [0.05, 0.1) is 22.9 Å². The van der Waals surface area contributed by atoms with Crippen LogP contribution in [-0.4, -0.2) is 18.0 Å². The topological polar surface area (TPSA) is 77.2 Å². The van der Waals surface area contributed by atoms with Crippen molar-refractivity contribution in [2.24, 2.45) is 0 Å². The van der Waals surface area contributed by atoms with Crippen LogP contribution >= 0.6 is 11.3 Å². The number of amides is 1. The van der Waals surface area contributed by atoms with Crippen LogP contribution in [0, 0.1) is 18.6 Å². The predicted molar refractivity (Wildman–Crippen MR) is 89.6 cm³/mol. The second kappa shape index (κ2) is 6.04. The van der Waals surface area contributed by atoms with Crippen molar-refractivity contribution in [1.82, 2.24) is 4.98 Å². The van der Waals surface area contributed by atoms with E-state index in [4.69, 9.17) is 5.73 Å². The number of hydrogen-bond donors (Lipinski definition) is 2. The molecule has 8 heteroatoms. The van der Waals surface area contributed by atoms with Gasteiger partial charge in [-0.15, -0.1) is 0 Å². The molecule has 0 saturated heterocycles. The molecule has 0 radical (unpaired) electrons. The number of aromatic nitrogens is 1. The molecular weight excluding hydrogens is 336 g/mol. The molecule has 0 unspecified atom stereocenters. The average Bonchev–Trinajstić information content (AvgIpc) is 2.88. The summed E-state index contributed by atoms with van der Waals surface area (Å²) in [6.45, 7) is 1.83. The zero-order valence-electron chi connectivity index (χ0n) is 12.8. The highest BCUT2D eigenvalue weighted by atomic mass is 32.1. The second-order valence-electron chi connectivity index (χ2n) is 5.09. The Balaban J connectivity index is 1.95. The van der Waals surface area contributed by atoms with E-state index >= 15 is 0 Å². The average molecular weight is 349 g/mol. The maximum absolute atomic E-state index is 14.2. The van der Waals surface area contributed by atoms with Gasteiger partial charge in [-0.05, 0) is 36.8 Å². The Labute approximate surface area is 140 Å². The zero-order chi connectivity index (χ0) is 17.4. The summed E-state index contributed by atoms with van der Waals surface area (Å²) in [5.41, 5.74) is 7.43. The summed E-state index contributed by atoms with van der Waals surface area (Å²) in [5, 5.41) is 3.02. The minimum atomic E-state index is -1.05. The fourth-order valence-electron chi connectivity index (χ4n) is 2.38. The first kappa shape index (κ1) is 16.1. The first-order valence-corrected chi connectivity index (χ1v) is 7.72. The molecule has 0 aliphatic heterocycles. The van der Waals surface area contributed by atoms with Crippen LogP contribution in [0.25, 0.3) is 10.2 Å². The van der Waals surface area contributed by atoms with Gasteiger partial charge in [-0.2, -0.15) is 0 Å². The number of thiazole rings is 1. The van der Waals surface area contributed by atoms with Crippen LogP contribution < -0.4 is 15.8 Å². The third-order valence-electron chi connectivity index (χ3n) is 3.46. The van der Waals surface area contributed by atoms with Crippen LogP contribution in [0.3, 0.4) is 0 Å². The van der Waals surface area contributed by atoms with Gasteiger partial charge in [0.2, 0.25) is 0 Å². The molecule has 0 atom stereocenters. The maximum atomic E-state index is 14.2. The van der Waals surface area contributed by atoms with E-state index in [-0.39, 0.29) is 5.56 Å². The summed E-state index contributed by atoms with van der Waals surface area (Å²) in [4.78, 5) is 16.5. The van der Waals surface area contributed by atoms with E-state index in [0.29, 0.717) is 10.8 Å². The molecule has 0 spiro atoms. The number of rotatable bonds is 3. The lowest BCUT2D eigenvalue weighted by molar-refractivity contribution is 0.102. The number of nitrogens with zero attached hydrogens (tertiary/aromatic N) is 1. The minimum Gasteiger partial charge on any atom is -0.491 e. The maximum Gasteiger partial charge on any atom is 0.258 e. The van der Waals surface area contributed by atoms with E-state index in [1.807, 2.05) is 6.92 Å². The van der Waals surface area contributed by atoms with Crippen LogP contribution in [0.4, 0.5) is 19.6 Å². The van der Waals surface area contributed by atoms with Gasteiger partial charge in [-0.25, -0.2) is 13.8 Å². The summed E-state index contributed by atoms with van der Waals surface area (Å²) in [7, 11) is 1.13.